The minimum Gasteiger partial charge on any atom is -0.497 e. The number of aromatic nitrogens is 1. The number of rotatable bonds is 9. The highest BCUT2D eigenvalue weighted by Crippen LogP contribution is 2.39. The predicted octanol–water partition coefficient (Wildman–Crippen LogP) is 5.54. The third-order valence-electron chi connectivity index (χ3n) is 4.83. The van der Waals surface area contributed by atoms with Crippen LogP contribution >= 0.6 is 0 Å². The lowest BCUT2D eigenvalue weighted by Gasteiger charge is -2.06. The van der Waals surface area contributed by atoms with Crippen molar-refractivity contribution in [2.45, 2.75) is 39.7 Å². The van der Waals surface area contributed by atoms with Crippen LogP contribution in [0.2, 0.25) is 0 Å². The van der Waals surface area contributed by atoms with Gasteiger partial charge in [0.15, 0.2) is 12.3 Å². The number of benzene rings is 2. The summed E-state index contributed by atoms with van der Waals surface area (Å²) in [4.78, 5) is 12.1. The standard InChI is InChI=1S/C23H27N3O4/c1-4-5-6-13-26-20-12-7-16(2)14-19(20)22(23(26)28)25-24-21(27)15-30-18-10-8-17(29-3)9-11-18/h7-12,14,28H,4-6,13,15H2,1-3H3. The molecule has 1 aromatic heterocycles. The van der Waals surface area contributed by atoms with Gasteiger partial charge in [0, 0.05) is 11.9 Å². The number of hydrogen-bond acceptors (Lipinski definition) is 5. The van der Waals surface area contributed by atoms with Gasteiger partial charge in [-0.3, -0.25) is 4.79 Å². The van der Waals surface area contributed by atoms with Crippen molar-refractivity contribution in [3.8, 4) is 17.4 Å². The van der Waals surface area contributed by atoms with Crippen LogP contribution in [0.25, 0.3) is 10.9 Å². The third-order valence-corrected chi connectivity index (χ3v) is 4.83. The van der Waals surface area contributed by atoms with Gasteiger partial charge in [-0.05, 0) is 49.7 Å². The highest BCUT2D eigenvalue weighted by molar-refractivity contribution is 5.95. The van der Waals surface area contributed by atoms with Crippen molar-refractivity contribution >= 4 is 22.5 Å². The van der Waals surface area contributed by atoms with Crippen LogP contribution in [-0.2, 0) is 11.3 Å². The maximum absolute atomic E-state index is 12.1. The summed E-state index contributed by atoms with van der Waals surface area (Å²) in [6, 6.07) is 12.8. The highest BCUT2D eigenvalue weighted by Gasteiger charge is 2.17. The maximum atomic E-state index is 12.1. The molecule has 0 radical (unpaired) electrons. The third kappa shape index (κ3) is 4.97. The van der Waals surface area contributed by atoms with E-state index < -0.39 is 5.91 Å². The first-order valence-corrected chi connectivity index (χ1v) is 10.1. The summed E-state index contributed by atoms with van der Waals surface area (Å²) in [7, 11) is 1.58. The van der Waals surface area contributed by atoms with Gasteiger partial charge in [0.05, 0.1) is 12.6 Å². The lowest BCUT2D eigenvalue weighted by Crippen LogP contribution is -2.07. The number of methoxy groups -OCH3 is 1. The molecule has 158 valence electrons. The highest BCUT2D eigenvalue weighted by atomic mass is 16.5. The molecule has 0 bridgehead atoms. The van der Waals surface area contributed by atoms with Gasteiger partial charge < -0.3 is 19.1 Å². The van der Waals surface area contributed by atoms with Crippen molar-refractivity contribution < 1.29 is 19.4 Å². The van der Waals surface area contributed by atoms with Crippen LogP contribution in [0.1, 0.15) is 31.7 Å². The van der Waals surface area contributed by atoms with E-state index in [1.54, 1.807) is 31.4 Å². The number of nitrogens with zero attached hydrogens (tertiary/aromatic N) is 3. The van der Waals surface area contributed by atoms with Crippen molar-refractivity contribution in [2.75, 3.05) is 13.7 Å². The molecule has 3 aromatic rings. The van der Waals surface area contributed by atoms with E-state index in [9.17, 15) is 9.90 Å². The Morgan fingerprint density at radius 3 is 2.53 bits per heavy atom. The molecule has 1 N–H and O–H groups in total. The van der Waals surface area contributed by atoms with E-state index in [1.165, 1.54) is 0 Å². The van der Waals surface area contributed by atoms with E-state index in [-0.39, 0.29) is 12.5 Å². The zero-order chi connectivity index (χ0) is 21.5. The summed E-state index contributed by atoms with van der Waals surface area (Å²) in [5.41, 5.74) is 2.23. The minimum atomic E-state index is -0.537. The first kappa shape index (κ1) is 21.4. The topological polar surface area (TPSA) is 85.4 Å². The lowest BCUT2D eigenvalue weighted by molar-refractivity contribution is -0.120. The van der Waals surface area contributed by atoms with Crippen LogP contribution < -0.4 is 9.47 Å². The van der Waals surface area contributed by atoms with Crippen LogP contribution in [-0.4, -0.2) is 29.3 Å². The molecule has 0 aliphatic heterocycles. The van der Waals surface area contributed by atoms with Crippen LogP contribution in [0.5, 0.6) is 17.4 Å². The molecule has 3 rings (SSSR count). The molecule has 7 nitrogen and oxygen atoms in total. The fourth-order valence-electron chi connectivity index (χ4n) is 3.23. The van der Waals surface area contributed by atoms with Gasteiger partial charge in [-0.2, -0.15) is 0 Å². The number of amides is 1. The van der Waals surface area contributed by atoms with E-state index in [1.807, 2.05) is 29.7 Å². The Hall–Kier alpha value is -3.35. The molecule has 0 aliphatic rings. The number of aryl methyl sites for hydroxylation is 2. The quantitative estimate of drug-likeness (QED) is 0.371. The van der Waals surface area contributed by atoms with E-state index in [2.05, 4.69) is 17.2 Å². The van der Waals surface area contributed by atoms with Crippen molar-refractivity contribution in [3.63, 3.8) is 0 Å². The molecule has 1 amide bonds. The number of carbonyl (C=O) groups is 1. The molecule has 2 aromatic carbocycles. The van der Waals surface area contributed by atoms with E-state index in [4.69, 9.17) is 9.47 Å². The number of fused-ring (bicyclic) bond motifs is 1. The molecular formula is C23H27N3O4. The Morgan fingerprint density at radius 2 is 1.83 bits per heavy atom. The van der Waals surface area contributed by atoms with Gasteiger partial charge in [0.2, 0.25) is 5.88 Å². The first-order chi connectivity index (χ1) is 14.5. The Balaban J connectivity index is 1.76. The predicted molar refractivity (Wildman–Crippen MR) is 116 cm³/mol. The molecule has 0 atom stereocenters. The zero-order valence-corrected chi connectivity index (χ0v) is 17.6. The molecule has 1 heterocycles. The second-order valence-electron chi connectivity index (χ2n) is 7.11. The SMILES string of the molecule is CCCCCn1c(O)c(N=NC(=O)COc2ccc(OC)cc2)c2cc(C)ccc21. The molecule has 7 heteroatoms. The number of hydrogen-bond donors (Lipinski definition) is 1. The minimum absolute atomic E-state index is 0.0272. The number of unbranched alkanes of at least 4 members (excludes halogenated alkanes) is 2. The van der Waals surface area contributed by atoms with E-state index in [0.29, 0.717) is 23.7 Å². The molecule has 0 saturated heterocycles. The Morgan fingerprint density at radius 1 is 1.10 bits per heavy atom. The van der Waals surface area contributed by atoms with Crippen LogP contribution in [0.3, 0.4) is 0 Å². The number of carbonyl (C=O) groups excluding carboxylic acids is 1. The van der Waals surface area contributed by atoms with Crippen LogP contribution in [0.4, 0.5) is 5.69 Å². The molecule has 0 spiro atoms. The van der Waals surface area contributed by atoms with Gasteiger partial charge in [-0.15, -0.1) is 10.2 Å². The van der Waals surface area contributed by atoms with Crippen molar-refractivity contribution in [1.82, 2.24) is 4.57 Å². The second kappa shape index (κ2) is 9.91. The molecule has 0 aliphatic carbocycles. The average molecular weight is 409 g/mol. The maximum Gasteiger partial charge on any atom is 0.302 e. The van der Waals surface area contributed by atoms with Crippen molar-refractivity contribution in [2.24, 2.45) is 10.2 Å². The second-order valence-corrected chi connectivity index (χ2v) is 7.11. The van der Waals surface area contributed by atoms with Gasteiger partial charge in [-0.1, -0.05) is 31.4 Å². The van der Waals surface area contributed by atoms with E-state index in [0.717, 1.165) is 35.7 Å². The average Bonchev–Trinajstić information content (AvgIpc) is 3.01. The summed E-state index contributed by atoms with van der Waals surface area (Å²) in [6.45, 7) is 4.55. The lowest BCUT2D eigenvalue weighted by atomic mass is 10.1. The van der Waals surface area contributed by atoms with Crippen molar-refractivity contribution in [1.29, 1.82) is 0 Å². The summed E-state index contributed by atoms with van der Waals surface area (Å²) < 4.78 is 12.4. The molecule has 0 unspecified atom stereocenters. The number of ether oxygens (including phenoxy) is 2. The molecule has 30 heavy (non-hydrogen) atoms. The van der Waals surface area contributed by atoms with Crippen molar-refractivity contribution in [3.05, 3.63) is 48.0 Å². The van der Waals surface area contributed by atoms with Crippen LogP contribution in [0, 0.1) is 6.92 Å². The smallest absolute Gasteiger partial charge is 0.302 e. The Labute approximate surface area is 176 Å². The summed E-state index contributed by atoms with van der Waals surface area (Å²) in [6.07, 6.45) is 3.12. The molecular weight excluding hydrogens is 382 g/mol. The molecule has 0 fully saturated rings. The number of azo groups is 1. The normalized spacial score (nSPS) is 11.3. The summed E-state index contributed by atoms with van der Waals surface area (Å²) >= 11 is 0. The van der Waals surface area contributed by atoms with Gasteiger partial charge in [-0.25, -0.2) is 0 Å². The summed E-state index contributed by atoms with van der Waals surface area (Å²) in [5, 5.41) is 19.3. The monoisotopic (exact) mass is 409 g/mol. The number of aromatic hydroxyl groups is 1. The zero-order valence-electron chi connectivity index (χ0n) is 17.6. The fraction of sp³-hybridized carbons (Fsp3) is 0.348. The van der Waals surface area contributed by atoms with E-state index >= 15 is 0 Å². The molecule has 0 saturated carbocycles. The summed E-state index contributed by atoms with van der Waals surface area (Å²) in [5.74, 6) is 0.726. The van der Waals surface area contributed by atoms with Gasteiger partial charge >= 0.3 is 5.91 Å². The van der Waals surface area contributed by atoms with Crippen LogP contribution in [0.15, 0.2) is 52.7 Å². The first-order valence-electron chi connectivity index (χ1n) is 10.1. The van der Waals surface area contributed by atoms with Gasteiger partial charge in [0.25, 0.3) is 0 Å². The fourth-order valence-corrected chi connectivity index (χ4v) is 3.23. The van der Waals surface area contributed by atoms with Gasteiger partial charge in [0.1, 0.15) is 11.5 Å². The Kier molecular flexibility index (Phi) is 7.06. The Bertz CT molecular complexity index is 1040. The largest absolute Gasteiger partial charge is 0.497 e.